The summed E-state index contributed by atoms with van der Waals surface area (Å²) in [5.74, 6) is -2.05. The molecule has 0 radical (unpaired) electrons. The third-order valence-corrected chi connectivity index (χ3v) is 1.57. The highest BCUT2D eigenvalue weighted by Crippen LogP contribution is 2.26. The molecule has 8 heteroatoms. The van der Waals surface area contributed by atoms with Crippen LogP contribution < -0.4 is 10.5 Å². The Morgan fingerprint density at radius 2 is 2.12 bits per heavy atom. The maximum Gasteiger partial charge on any atom is 0.573 e. The first kappa shape index (κ1) is 12.4. The summed E-state index contributed by atoms with van der Waals surface area (Å²) in [6.45, 7) is -0.334. The minimum atomic E-state index is -5.02. The molecule has 0 aliphatic carbocycles. The molecular weight excluding hydrogens is 232 g/mol. The van der Waals surface area contributed by atoms with E-state index >= 15 is 0 Å². The van der Waals surface area contributed by atoms with Gasteiger partial charge in [-0.1, -0.05) is 0 Å². The molecule has 0 unspecified atom stereocenters. The van der Waals surface area contributed by atoms with Crippen LogP contribution >= 0.6 is 0 Å². The molecule has 0 aliphatic rings. The Hall–Kier alpha value is -1.70. The standard InChI is InChI=1S/C8H6F4N2O2/c9-4-1-7(16-8(10,11)12)6(3-15)14-5(4)2-13/h1,3H,2,13H2. The number of nitrogens with zero attached hydrogens (tertiary/aromatic N) is 1. The molecule has 1 aromatic heterocycles. The number of carbonyl (C=O) groups is 1. The monoisotopic (exact) mass is 238 g/mol. The maximum absolute atomic E-state index is 13.0. The minimum Gasteiger partial charge on any atom is -0.403 e. The number of aldehydes is 1. The first-order chi connectivity index (χ1) is 7.37. The molecule has 0 spiro atoms. The van der Waals surface area contributed by atoms with Gasteiger partial charge in [-0.2, -0.15) is 0 Å². The van der Waals surface area contributed by atoms with Crippen LogP contribution in [0.25, 0.3) is 0 Å². The van der Waals surface area contributed by atoms with Gasteiger partial charge in [-0.05, 0) is 0 Å². The Balaban J connectivity index is 3.18. The van der Waals surface area contributed by atoms with Crippen molar-refractivity contribution in [2.24, 2.45) is 5.73 Å². The Bertz CT molecular complexity index is 406. The molecule has 4 nitrogen and oxygen atoms in total. The summed E-state index contributed by atoms with van der Waals surface area (Å²) >= 11 is 0. The van der Waals surface area contributed by atoms with Crippen LogP contribution in [-0.4, -0.2) is 17.6 Å². The lowest BCUT2D eigenvalue weighted by molar-refractivity contribution is -0.274. The summed E-state index contributed by atoms with van der Waals surface area (Å²) in [6.07, 6.45) is -4.99. The van der Waals surface area contributed by atoms with Gasteiger partial charge in [0.15, 0.2) is 12.0 Å². The maximum atomic E-state index is 13.0. The number of carbonyl (C=O) groups excluding carboxylic acids is 1. The zero-order valence-electron chi connectivity index (χ0n) is 7.71. The zero-order chi connectivity index (χ0) is 12.3. The Kier molecular flexibility index (Phi) is 3.43. The third-order valence-electron chi connectivity index (χ3n) is 1.57. The molecule has 1 rings (SSSR count). The van der Waals surface area contributed by atoms with Gasteiger partial charge in [-0.3, -0.25) is 4.79 Å². The van der Waals surface area contributed by atoms with E-state index < -0.39 is 23.6 Å². The highest BCUT2D eigenvalue weighted by molar-refractivity contribution is 5.76. The van der Waals surface area contributed by atoms with Gasteiger partial charge < -0.3 is 10.5 Å². The van der Waals surface area contributed by atoms with E-state index in [2.05, 4.69) is 9.72 Å². The zero-order valence-corrected chi connectivity index (χ0v) is 7.71. The summed E-state index contributed by atoms with van der Waals surface area (Å²) in [5.41, 5.74) is 4.11. The molecule has 16 heavy (non-hydrogen) atoms. The van der Waals surface area contributed by atoms with Gasteiger partial charge in [-0.25, -0.2) is 9.37 Å². The van der Waals surface area contributed by atoms with Gasteiger partial charge >= 0.3 is 6.36 Å². The second-order valence-electron chi connectivity index (χ2n) is 2.67. The first-order valence-electron chi connectivity index (χ1n) is 3.97. The summed E-state index contributed by atoms with van der Waals surface area (Å²) in [6, 6.07) is 0.423. The number of aromatic nitrogens is 1. The molecule has 0 aromatic carbocycles. The first-order valence-corrected chi connectivity index (χ1v) is 3.97. The number of hydrogen-bond acceptors (Lipinski definition) is 4. The Labute approximate surface area is 87.0 Å². The van der Waals surface area contributed by atoms with Crippen molar-refractivity contribution < 1.29 is 27.1 Å². The van der Waals surface area contributed by atoms with E-state index in [-0.39, 0.29) is 18.5 Å². The van der Waals surface area contributed by atoms with Crippen molar-refractivity contribution >= 4 is 6.29 Å². The Morgan fingerprint density at radius 1 is 1.50 bits per heavy atom. The number of ether oxygens (including phenoxy) is 1. The van der Waals surface area contributed by atoms with Gasteiger partial charge in [0.05, 0.1) is 5.69 Å². The predicted molar refractivity (Wildman–Crippen MR) is 44.2 cm³/mol. The van der Waals surface area contributed by atoms with Crippen molar-refractivity contribution in [1.29, 1.82) is 0 Å². The van der Waals surface area contributed by atoms with E-state index in [1.807, 2.05) is 0 Å². The molecule has 0 saturated heterocycles. The lowest BCUT2D eigenvalue weighted by Gasteiger charge is -2.11. The highest BCUT2D eigenvalue weighted by Gasteiger charge is 2.33. The van der Waals surface area contributed by atoms with Crippen LogP contribution in [0, 0.1) is 5.82 Å². The molecular formula is C8H6F4N2O2. The second-order valence-corrected chi connectivity index (χ2v) is 2.67. The van der Waals surface area contributed by atoms with E-state index in [1.54, 1.807) is 0 Å². The lowest BCUT2D eigenvalue weighted by atomic mass is 10.2. The van der Waals surface area contributed by atoms with Crippen LogP contribution in [-0.2, 0) is 6.54 Å². The number of rotatable bonds is 3. The molecule has 0 bridgehead atoms. The van der Waals surface area contributed by atoms with Crippen molar-refractivity contribution in [1.82, 2.24) is 4.98 Å². The molecule has 1 heterocycles. The number of alkyl halides is 3. The third kappa shape index (κ3) is 2.89. The van der Waals surface area contributed by atoms with Crippen LogP contribution in [0.15, 0.2) is 6.07 Å². The largest absolute Gasteiger partial charge is 0.573 e. The van der Waals surface area contributed by atoms with Crippen LogP contribution in [0.2, 0.25) is 0 Å². The molecule has 0 amide bonds. The molecule has 0 saturated carbocycles. The van der Waals surface area contributed by atoms with Gasteiger partial charge in [-0.15, -0.1) is 13.2 Å². The number of hydrogen-bond donors (Lipinski definition) is 1. The fourth-order valence-electron chi connectivity index (χ4n) is 0.960. The lowest BCUT2D eigenvalue weighted by Crippen LogP contribution is -2.19. The van der Waals surface area contributed by atoms with Gasteiger partial charge in [0.1, 0.15) is 11.5 Å². The SMILES string of the molecule is NCc1nc(C=O)c(OC(F)(F)F)cc1F. The highest BCUT2D eigenvalue weighted by atomic mass is 19.4. The van der Waals surface area contributed by atoms with E-state index in [1.165, 1.54) is 0 Å². The minimum absolute atomic E-state index is 0.0275. The summed E-state index contributed by atoms with van der Waals surface area (Å²) in [5, 5.41) is 0. The van der Waals surface area contributed by atoms with Gasteiger partial charge in [0.2, 0.25) is 0 Å². The fourth-order valence-corrected chi connectivity index (χ4v) is 0.960. The average molecular weight is 238 g/mol. The molecule has 0 fully saturated rings. The Morgan fingerprint density at radius 3 is 2.56 bits per heavy atom. The van der Waals surface area contributed by atoms with Crippen molar-refractivity contribution in [2.75, 3.05) is 0 Å². The quantitative estimate of drug-likeness (QED) is 0.638. The molecule has 0 aliphatic heterocycles. The van der Waals surface area contributed by atoms with Crippen molar-refractivity contribution in [3.8, 4) is 5.75 Å². The van der Waals surface area contributed by atoms with Gasteiger partial charge in [0, 0.05) is 12.6 Å². The van der Waals surface area contributed by atoms with Crippen LogP contribution in [0.1, 0.15) is 16.2 Å². The van der Waals surface area contributed by atoms with Crippen LogP contribution in [0.4, 0.5) is 17.6 Å². The molecule has 2 N–H and O–H groups in total. The van der Waals surface area contributed by atoms with Crippen molar-refractivity contribution in [3.05, 3.63) is 23.3 Å². The van der Waals surface area contributed by atoms with Crippen molar-refractivity contribution in [3.63, 3.8) is 0 Å². The van der Waals surface area contributed by atoms with Crippen LogP contribution in [0.5, 0.6) is 5.75 Å². The topological polar surface area (TPSA) is 65.2 Å². The number of nitrogens with two attached hydrogens (primary N) is 1. The van der Waals surface area contributed by atoms with Crippen LogP contribution in [0.3, 0.4) is 0 Å². The summed E-state index contributed by atoms with van der Waals surface area (Å²) in [7, 11) is 0. The smallest absolute Gasteiger partial charge is 0.403 e. The molecule has 0 atom stereocenters. The second kappa shape index (κ2) is 4.44. The summed E-state index contributed by atoms with van der Waals surface area (Å²) < 4.78 is 52.0. The molecule has 1 aromatic rings. The van der Waals surface area contributed by atoms with Crippen molar-refractivity contribution in [2.45, 2.75) is 12.9 Å². The van der Waals surface area contributed by atoms with E-state index in [9.17, 15) is 22.4 Å². The fraction of sp³-hybridized carbons (Fsp3) is 0.250. The predicted octanol–water partition coefficient (Wildman–Crippen LogP) is 1.39. The van der Waals surface area contributed by atoms with E-state index in [0.29, 0.717) is 6.07 Å². The van der Waals surface area contributed by atoms with E-state index in [4.69, 9.17) is 5.73 Å². The van der Waals surface area contributed by atoms with E-state index in [0.717, 1.165) is 0 Å². The van der Waals surface area contributed by atoms with Gasteiger partial charge in [0.25, 0.3) is 0 Å². The molecule has 88 valence electrons. The normalized spacial score (nSPS) is 11.3. The number of halogens is 4. The number of pyridine rings is 1. The average Bonchev–Trinajstić information content (AvgIpc) is 2.16. The summed E-state index contributed by atoms with van der Waals surface area (Å²) in [4.78, 5) is 13.7.